The molecule has 6 heteroatoms. The van der Waals surface area contributed by atoms with Crippen LogP contribution in [-0.2, 0) is 19.5 Å². The molecule has 0 aromatic rings. The highest BCUT2D eigenvalue weighted by atomic mass is 32.2. The number of rotatable bonds is 3. The minimum absolute atomic E-state index is 0.0604. The number of carbonyl (C=O) groups is 1. The predicted octanol–water partition coefficient (Wildman–Crippen LogP) is 0.944. The van der Waals surface area contributed by atoms with Gasteiger partial charge in [0, 0.05) is 0 Å². The van der Waals surface area contributed by atoms with Crippen molar-refractivity contribution in [1.29, 1.82) is 0 Å². The molecule has 0 spiro atoms. The van der Waals surface area contributed by atoms with Crippen LogP contribution < -0.4 is 5.48 Å². The van der Waals surface area contributed by atoms with E-state index in [0.29, 0.717) is 12.8 Å². The zero-order valence-corrected chi connectivity index (χ0v) is 10.7. The molecule has 1 amide bonds. The first kappa shape index (κ1) is 12.8. The molecule has 0 aromatic heterocycles. The number of amides is 1. The highest BCUT2D eigenvalue weighted by Crippen LogP contribution is 2.22. The molecule has 98 valence electrons. The van der Waals surface area contributed by atoms with Gasteiger partial charge >= 0.3 is 0 Å². The third-order valence-electron chi connectivity index (χ3n) is 3.50. The summed E-state index contributed by atoms with van der Waals surface area (Å²) in [5, 5.41) is -0.905. The SMILES string of the molecule is O=C(NOC1CCCC1)C1CCCCS1(=O)=O. The minimum atomic E-state index is -3.26. The van der Waals surface area contributed by atoms with Crippen molar-refractivity contribution >= 4 is 15.7 Å². The molecule has 1 saturated heterocycles. The van der Waals surface area contributed by atoms with Gasteiger partial charge in [0.2, 0.25) is 0 Å². The number of sulfone groups is 1. The van der Waals surface area contributed by atoms with E-state index >= 15 is 0 Å². The lowest BCUT2D eigenvalue weighted by Gasteiger charge is -2.22. The van der Waals surface area contributed by atoms with Crippen LogP contribution in [0.2, 0.25) is 0 Å². The maximum Gasteiger partial charge on any atom is 0.261 e. The van der Waals surface area contributed by atoms with Crippen molar-refractivity contribution < 1.29 is 18.0 Å². The molecule has 1 unspecified atom stereocenters. The maximum atomic E-state index is 11.8. The van der Waals surface area contributed by atoms with E-state index in [1.54, 1.807) is 0 Å². The van der Waals surface area contributed by atoms with Gasteiger partial charge in [-0.3, -0.25) is 9.63 Å². The zero-order chi connectivity index (χ0) is 12.3. The summed E-state index contributed by atoms with van der Waals surface area (Å²) in [6, 6.07) is 0. The van der Waals surface area contributed by atoms with E-state index in [1.807, 2.05) is 0 Å². The summed E-state index contributed by atoms with van der Waals surface area (Å²) in [5.74, 6) is -0.370. The van der Waals surface area contributed by atoms with Crippen LogP contribution in [-0.4, -0.2) is 31.4 Å². The number of nitrogens with one attached hydrogen (secondary N) is 1. The molecular formula is C11H19NO4S. The molecule has 2 rings (SSSR count). The molecule has 2 aliphatic rings. The molecule has 1 N–H and O–H groups in total. The monoisotopic (exact) mass is 261 g/mol. The van der Waals surface area contributed by atoms with Gasteiger partial charge in [0.15, 0.2) is 9.84 Å². The van der Waals surface area contributed by atoms with Gasteiger partial charge in [0.25, 0.3) is 5.91 Å². The second-order valence-electron chi connectivity index (χ2n) is 4.84. The van der Waals surface area contributed by atoms with Crippen molar-refractivity contribution in [1.82, 2.24) is 5.48 Å². The molecule has 17 heavy (non-hydrogen) atoms. The van der Waals surface area contributed by atoms with Crippen LogP contribution in [0.1, 0.15) is 44.9 Å². The lowest BCUT2D eigenvalue weighted by atomic mass is 10.2. The zero-order valence-electron chi connectivity index (χ0n) is 9.85. The van der Waals surface area contributed by atoms with Crippen molar-refractivity contribution in [3.05, 3.63) is 0 Å². The van der Waals surface area contributed by atoms with Gasteiger partial charge in [-0.05, 0) is 25.7 Å². The average Bonchev–Trinajstić information content (AvgIpc) is 2.78. The normalized spacial score (nSPS) is 29.1. The Morgan fingerprint density at radius 2 is 1.71 bits per heavy atom. The summed E-state index contributed by atoms with van der Waals surface area (Å²) < 4.78 is 23.4. The average molecular weight is 261 g/mol. The van der Waals surface area contributed by atoms with E-state index in [9.17, 15) is 13.2 Å². The number of carbonyl (C=O) groups excluding carboxylic acids is 1. The van der Waals surface area contributed by atoms with Gasteiger partial charge in [-0.1, -0.05) is 19.3 Å². The number of hydroxylamine groups is 1. The van der Waals surface area contributed by atoms with Crippen LogP contribution in [0.25, 0.3) is 0 Å². The van der Waals surface area contributed by atoms with Crippen molar-refractivity contribution in [2.24, 2.45) is 0 Å². The van der Waals surface area contributed by atoms with Gasteiger partial charge in [-0.2, -0.15) is 0 Å². The topological polar surface area (TPSA) is 72.5 Å². The van der Waals surface area contributed by atoms with Crippen LogP contribution in [0.15, 0.2) is 0 Å². The molecule has 1 heterocycles. The lowest BCUT2D eigenvalue weighted by molar-refractivity contribution is -0.137. The molecule has 0 bridgehead atoms. The predicted molar refractivity (Wildman–Crippen MR) is 62.9 cm³/mol. The second kappa shape index (κ2) is 5.35. The fraction of sp³-hybridized carbons (Fsp3) is 0.909. The Bertz CT molecular complexity index is 373. The van der Waals surface area contributed by atoms with Crippen LogP contribution in [0.4, 0.5) is 0 Å². The van der Waals surface area contributed by atoms with Crippen molar-refractivity contribution in [3.8, 4) is 0 Å². The summed E-state index contributed by atoms with van der Waals surface area (Å²) in [6.07, 6.45) is 6.04. The Labute approximate surface area is 102 Å². The molecular weight excluding hydrogens is 242 g/mol. The third-order valence-corrected chi connectivity index (χ3v) is 5.67. The van der Waals surface area contributed by atoms with Crippen LogP contribution in [0, 0.1) is 0 Å². The fourth-order valence-corrected chi connectivity index (χ4v) is 4.25. The third kappa shape index (κ3) is 3.19. The molecule has 1 atom stereocenters. The molecule has 5 nitrogen and oxygen atoms in total. The smallest absolute Gasteiger partial charge is 0.261 e. The summed E-state index contributed by atoms with van der Waals surface area (Å²) in [6.45, 7) is 0. The van der Waals surface area contributed by atoms with E-state index in [1.165, 1.54) is 0 Å². The fourth-order valence-electron chi connectivity index (χ4n) is 2.46. The Hall–Kier alpha value is -0.620. The first-order valence-electron chi connectivity index (χ1n) is 6.27. The summed E-state index contributed by atoms with van der Waals surface area (Å²) >= 11 is 0. The van der Waals surface area contributed by atoms with Crippen molar-refractivity contribution in [2.45, 2.75) is 56.3 Å². The summed E-state index contributed by atoms with van der Waals surface area (Å²) in [4.78, 5) is 17.0. The van der Waals surface area contributed by atoms with Gasteiger partial charge in [0.05, 0.1) is 11.9 Å². The Kier molecular flexibility index (Phi) is 4.04. The molecule has 1 aliphatic carbocycles. The van der Waals surface area contributed by atoms with Crippen LogP contribution >= 0.6 is 0 Å². The molecule has 0 aromatic carbocycles. The molecule has 0 radical (unpaired) electrons. The van der Waals surface area contributed by atoms with E-state index in [0.717, 1.165) is 32.1 Å². The standard InChI is InChI=1S/C11H19NO4S/c13-11(12-16-9-5-1-2-6-9)10-7-3-4-8-17(10,14)15/h9-10H,1-8H2,(H,12,13). The second-order valence-corrected chi connectivity index (χ2v) is 7.15. The summed E-state index contributed by atoms with van der Waals surface area (Å²) in [5.41, 5.74) is 2.33. The minimum Gasteiger partial charge on any atom is -0.271 e. The van der Waals surface area contributed by atoms with Gasteiger partial charge in [-0.15, -0.1) is 0 Å². The highest BCUT2D eigenvalue weighted by molar-refractivity contribution is 7.92. The van der Waals surface area contributed by atoms with E-state index < -0.39 is 21.0 Å². The number of hydrogen-bond acceptors (Lipinski definition) is 4. The van der Waals surface area contributed by atoms with Gasteiger partial charge in [-0.25, -0.2) is 13.9 Å². The van der Waals surface area contributed by atoms with E-state index in [2.05, 4.69) is 5.48 Å². The lowest BCUT2D eigenvalue weighted by Crippen LogP contribution is -2.43. The van der Waals surface area contributed by atoms with Crippen LogP contribution in [0.5, 0.6) is 0 Å². The number of hydrogen-bond donors (Lipinski definition) is 1. The van der Waals surface area contributed by atoms with Crippen molar-refractivity contribution in [3.63, 3.8) is 0 Å². The maximum absolute atomic E-state index is 11.8. The van der Waals surface area contributed by atoms with Crippen LogP contribution in [0.3, 0.4) is 0 Å². The van der Waals surface area contributed by atoms with E-state index in [4.69, 9.17) is 4.84 Å². The quantitative estimate of drug-likeness (QED) is 0.768. The molecule has 2 fully saturated rings. The largest absolute Gasteiger partial charge is 0.271 e. The Morgan fingerprint density at radius 3 is 2.35 bits per heavy atom. The first-order chi connectivity index (χ1) is 8.09. The van der Waals surface area contributed by atoms with Gasteiger partial charge in [0.1, 0.15) is 5.25 Å². The Morgan fingerprint density at radius 1 is 1.06 bits per heavy atom. The highest BCUT2D eigenvalue weighted by Gasteiger charge is 2.35. The van der Waals surface area contributed by atoms with Gasteiger partial charge < -0.3 is 0 Å². The van der Waals surface area contributed by atoms with Crippen molar-refractivity contribution in [2.75, 3.05) is 5.75 Å². The summed E-state index contributed by atoms with van der Waals surface area (Å²) in [7, 11) is -3.26. The molecule has 1 aliphatic heterocycles. The Balaban J connectivity index is 1.86. The van der Waals surface area contributed by atoms with E-state index in [-0.39, 0.29) is 11.9 Å². The molecule has 1 saturated carbocycles. The first-order valence-corrected chi connectivity index (χ1v) is 7.98.